The summed E-state index contributed by atoms with van der Waals surface area (Å²) in [7, 11) is 1.55. The molecule has 4 heteroatoms. The standard InChI is InChI=1S/C9H9NO3/c1-13-8-4-2-7(10-6-8)3-5-9(11)12/h2-6H,1H3,(H,11,12). The Labute approximate surface area is 75.5 Å². The predicted octanol–water partition coefficient (Wildman–Crippen LogP) is 1.19. The van der Waals surface area contributed by atoms with Gasteiger partial charge in [-0.15, -0.1) is 0 Å². The van der Waals surface area contributed by atoms with Gasteiger partial charge in [0.2, 0.25) is 0 Å². The number of carboxylic acids is 1. The van der Waals surface area contributed by atoms with Crippen molar-refractivity contribution in [1.82, 2.24) is 4.98 Å². The van der Waals surface area contributed by atoms with Crippen LogP contribution in [0.25, 0.3) is 6.08 Å². The molecule has 1 rings (SSSR count). The largest absolute Gasteiger partial charge is 0.495 e. The van der Waals surface area contributed by atoms with Crippen LogP contribution >= 0.6 is 0 Å². The highest BCUT2D eigenvalue weighted by Crippen LogP contribution is 2.08. The van der Waals surface area contributed by atoms with Crippen molar-refractivity contribution in [3.63, 3.8) is 0 Å². The summed E-state index contributed by atoms with van der Waals surface area (Å²) in [5.41, 5.74) is 0.586. The molecule has 0 radical (unpaired) electrons. The van der Waals surface area contributed by atoms with Gasteiger partial charge < -0.3 is 9.84 Å². The minimum atomic E-state index is -0.988. The second kappa shape index (κ2) is 4.25. The van der Waals surface area contributed by atoms with E-state index in [1.54, 1.807) is 19.2 Å². The molecule has 0 aliphatic heterocycles. The summed E-state index contributed by atoms with van der Waals surface area (Å²) in [6.45, 7) is 0. The molecule has 0 aliphatic rings. The van der Waals surface area contributed by atoms with E-state index in [4.69, 9.17) is 9.84 Å². The van der Waals surface area contributed by atoms with Crippen molar-refractivity contribution in [1.29, 1.82) is 0 Å². The molecule has 1 aromatic heterocycles. The van der Waals surface area contributed by atoms with Crippen molar-refractivity contribution in [3.05, 3.63) is 30.1 Å². The molecule has 0 spiro atoms. The molecular weight excluding hydrogens is 170 g/mol. The van der Waals surface area contributed by atoms with Gasteiger partial charge in [-0.05, 0) is 18.2 Å². The van der Waals surface area contributed by atoms with E-state index in [9.17, 15) is 4.79 Å². The molecular formula is C9H9NO3. The maximum atomic E-state index is 10.2. The second-order valence-corrected chi connectivity index (χ2v) is 2.29. The maximum Gasteiger partial charge on any atom is 0.328 e. The zero-order valence-electron chi connectivity index (χ0n) is 7.10. The third kappa shape index (κ3) is 2.94. The number of ether oxygens (including phenoxy) is 1. The summed E-state index contributed by atoms with van der Waals surface area (Å²) in [5, 5.41) is 8.34. The lowest BCUT2D eigenvalue weighted by molar-refractivity contribution is -0.131. The van der Waals surface area contributed by atoms with Crippen molar-refractivity contribution in [2.45, 2.75) is 0 Å². The lowest BCUT2D eigenvalue weighted by atomic mass is 10.3. The topological polar surface area (TPSA) is 59.4 Å². The van der Waals surface area contributed by atoms with Gasteiger partial charge in [0.15, 0.2) is 0 Å². The molecule has 68 valence electrons. The minimum absolute atomic E-state index is 0.586. The third-order valence-corrected chi connectivity index (χ3v) is 1.39. The fraction of sp³-hybridized carbons (Fsp3) is 0.111. The third-order valence-electron chi connectivity index (χ3n) is 1.39. The lowest BCUT2D eigenvalue weighted by Gasteiger charge is -1.97. The molecule has 13 heavy (non-hydrogen) atoms. The van der Waals surface area contributed by atoms with Crippen LogP contribution in [0, 0.1) is 0 Å². The highest BCUT2D eigenvalue weighted by molar-refractivity contribution is 5.84. The first-order valence-corrected chi connectivity index (χ1v) is 3.63. The summed E-state index contributed by atoms with van der Waals surface area (Å²) in [4.78, 5) is 14.1. The lowest BCUT2D eigenvalue weighted by Crippen LogP contribution is -1.88. The smallest absolute Gasteiger partial charge is 0.328 e. The maximum absolute atomic E-state index is 10.2. The first kappa shape index (κ1) is 9.25. The zero-order valence-corrected chi connectivity index (χ0v) is 7.10. The first-order valence-electron chi connectivity index (χ1n) is 3.63. The van der Waals surface area contributed by atoms with Crippen LogP contribution in [-0.2, 0) is 4.79 Å². The van der Waals surface area contributed by atoms with E-state index in [0.717, 1.165) is 6.08 Å². The van der Waals surface area contributed by atoms with Gasteiger partial charge in [-0.25, -0.2) is 4.79 Å². The van der Waals surface area contributed by atoms with Gasteiger partial charge in [-0.2, -0.15) is 0 Å². The van der Waals surface area contributed by atoms with Crippen LogP contribution in [0.15, 0.2) is 24.4 Å². The SMILES string of the molecule is COc1ccc(C=CC(=O)O)nc1. The molecule has 1 N–H and O–H groups in total. The molecule has 4 nitrogen and oxygen atoms in total. The number of hydrogen-bond donors (Lipinski definition) is 1. The van der Waals surface area contributed by atoms with E-state index in [1.165, 1.54) is 12.3 Å². The second-order valence-electron chi connectivity index (χ2n) is 2.29. The fourth-order valence-electron chi connectivity index (χ4n) is 0.768. The molecule has 0 unspecified atom stereocenters. The average molecular weight is 179 g/mol. The molecule has 1 heterocycles. The molecule has 0 aliphatic carbocycles. The van der Waals surface area contributed by atoms with Gasteiger partial charge in [0.1, 0.15) is 5.75 Å². The number of hydrogen-bond acceptors (Lipinski definition) is 3. The quantitative estimate of drug-likeness (QED) is 0.708. The number of nitrogens with zero attached hydrogens (tertiary/aromatic N) is 1. The number of carbonyl (C=O) groups is 1. The molecule has 0 fully saturated rings. The molecule has 0 aromatic carbocycles. The number of methoxy groups -OCH3 is 1. The van der Waals surface area contributed by atoms with E-state index in [-0.39, 0.29) is 0 Å². The van der Waals surface area contributed by atoms with Crippen molar-refractivity contribution in [2.75, 3.05) is 7.11 Å². The van der Waals surface area contributed by atoms with Crippen LogP contribution in [0.5, 0.6) is 5.75 Å². The van der Waals surface area contributed by atoms with Crippen LogP contribution in [0.1, 0.15) is 5.69 Å². The normalized spacial score (nSPS) is 10.2. The van der Waals surface area contributed by atoms with Crippen molar-refractivity contribution in [3.8, 4) is 5.75 Å². The summed E-state index contributed by atoms with van der Waals surface area (Å²) in [6.07, 6.45) is 3.98. The van der Waals surface area contributed by atoms with Crippen molar-refractivity contribution in [2.24, 2.45) is 0 Å². The minimum Gasteiger partial charge on any atom is -0.495 e. The Morgan fingerprint density at radius 3 is 2.85 bits per heavy atom. The van der Waals surface area contributed by atoms with E-state index in [2.05, 4.69) is 4.98 Å². The van der Waals surface area contributed by atoms with E-state index in [0.29, 0.717) is 11.4 Å². The van der Waals surface area contributed by atoms with Gasteiger partial charge >= 0.3 is 5.97 Å². The fourth-order valence-corrected chi connectivity index (χ4v) is 0.768. The van der Waals surface area contributed by atoms with Crippen LogP contribution in [0.3, 0.4) is 0 Å². The number of aliphatic carboxylic acids is 1. The Balaban J connectivity index is 2.75. The van der Waals surface area contributed by atoms with Crippen LogP contribution in [-0.4, -0.2) is 23.2 Å². The van der Waals surface area contributed by atoms with Crippen LogP contribution in [0.4, 0.5) is 0 Å². The van der Waals surface area contributed by atoms with Gasteiger partial charge in [0.25, 0.3) is 0 Å². The van der Waals surface area contributed by atoms with Gasteiger partial charge in [0, 0.05) is 6.08 Å². The average Bonchev–Trinajstić information content (AvgIpc) is 2.15. The Morgan fingerprint density at radius 1 is 1.62 bits per heavy atom. The monoisotopic (exact) mass is 179 g/mol. The molecule has 1 aromatic rings. The Hall–Kier alpha value is -1.84. The predicted molar refractivity (Wildman–Crippen MR) is 47.5 cm³/mol. The highest BCUT2D eigenvalue weighted by Gasteiger charge is 1.92. The Bertz CT molecular complexity index is 316. The van der Waals surface area contributed by atoms with Crippen molar-refractivity contribution >= 4 is 12.0 Å². The van der Waals surface area contributed by atoms with Gasteiger partial charge in [-0.3, -0.25) is 4.98 Å². The van der Waals surface area contributed by atoms with Crippen LogP contribution in [0.2, 0.25) is 0 Å². The highest BCUT2D eigenvalue weighted by atomic mass is 16.5. The number of rotatable bonds is 3. The number of carboxylic acid groups (broad SMARTS) is 1. The Kier molecular flexibility index (Phi) is 3.03. The van der Waals surface area contributed by atoms with Gasteiger partial charge in [-0.1, -0.05) is 0 Å². The summed E-state index contributed by atoms with van der Waals surface area (Å²) < 4.78 is 4.89. The van der Waals surface area contributed by atoms with Gasteiger partial charge in [0.05, 0.1) is 19.0 Å². The van der Waals surface area contributed by atoms with Crippen LogP contribution < -0.4 is 4.74 Å². The molecule has 0 bridgehead atoms. The van der Waals surface area contributed by atoms with Crippen molar-refractivity contribution < 1.29 is 14.6 Å². The zero-order chi connectivity index (χ0) is 9.68. The molecule has 0 amide bonds. The summed E-state index contributed by atoms with van der Waals surface area (Å²) >= 11 is 0. The van der Waals surface area contributed by atoms with E-state index >= 15 is 0 Å². The Morgan fingerprint density at radius 2 is 2.38 bits per heavy atom. The summed E-state index contributed by atoms with van der Waals surface area (Å²) in [5.74, 6) is -0.343. The van der Waals surface area contributed by atoms with E-state index in [1.807, 2.05) is 0 Å². The number of pyridine rings is 1. The van der Waals surface area contributed by atoms with E-state index < -0.39 is 5.97 Å². The molecule has 0 saturated carbocycles. The molecule has 0 saturated heterocycles. The summed E-state index contributed by atoms with van der Waals surface area (Å²) in [6, 6.07) is 3.40. The number of aromatic nitrogens is 1. The molecule has 0 atom stereocenters. The first-order chi connectivity index (χ1) is 6.22.